The Morgan fingerprint density at radius 3 is 2.36 bits per heavy atom. The predicted octanol–water partition coefficient (Wildman–Crippen LogP) is 4.02. The zero-order valence-corrected chi connectivity index (χ0v) is 19.4. The van der Waals surface area contributed by atoms with E-state index >= 15 is 0 Å². The molecule has 6 heteroatoms. The van der Waals surface area contributed by atoms with E-state index in [0.29, 0.717) is 12.5 Å². The maximum absolute atomic E-state index is 10.8. The summed E-state index contributed by atoms with van der Waals surface area (Å²) in [6.07, 6.45) is 4.91. The van der Waals surface area contributed by atoms with Gasteiger partial charge in [-0.25, -0.2) is 9.97 Å². The van der Waals surface area contributed by atoms with Crippen LogP contribution in [-0.4, -0.2) is 47.5 Å². The summed E-state index contributed by atoms with van der Waals surface area (Å²) in [5, 5.41) is 10.8. The minimum absolute atomic E-state index is 0.0903. The van der Waals surface area contributed by atoms with Crippen molar-refractivity contribution in [3.63, 3.8) is 0 Å². The van der Waals surface area contributed by atoms with Crippen molar-refractivity contribution in [2.24, 2.45) is 5.41 Å². The number of hydrogen-bond donors (Lipinski definition) is 1. The molecule has 1 aliphatic heterocycles. The molecule has 3 unspecified atom stereocenters. The Labute approximate surface area is 195 Å². The van der Waals surface area contributed by atoms with Gasteiger partial charge in [-0.1, -0.05) is 37.3 Å². The summed E-state index contributed by atoms with van der Waals surface area (Å²) in [4.78, 5) is 11.0. The molecule has 0 saturated carbocycles. The number of methoxy groups -OCH3 is 1. The van der Waals surface area contributed by atoms with E-state index in [-0.39, 0.29) is 17.4 Å². The van der Waals surface area contributed by atoms with Crippen LogP contribution < -0.4 is 14.4 Å². The standard InChI is InChI=1S/C27H31N3O3/c1-18(31)27(2)17-30(26-28-11-6-12-29-26)16-23(27)21-9-10-24(32-3)25(15-21)33-22-13-19-7-4-5-8-20(19)14-22/h4-12,15,18,22-23,31H,13-14,16-17H2,1-3H3. The average Bonchev–Trinajstić information content (AvgIpc) is 3.41. The maximum atomic E-state index is 10.8. The number of hydrogen-bond acceptors (Lipinski definition) is 6. The molecule has 1 aromatic heterocycles. The average molecular weight is 446 g/mol. The third-order valence-electron chi connectivity index (χ3n) is 7.42. The van der Waals surface area contributed by atoms with E-state index in [1.54, 1.807) is 19.5 Å². The van der Waals surface area contributed by atoms with Crippen molar-refractivity contribution in [3.8, 4) is 11.5 Å². The van der Waals surface area contributed by atoms with E-state index in [0.717, 1.165) is 36.4 Å². The van der Waals surface area contributed by atoms with E-state index in [1.165, 1.54) is 11.1 Å². The molecule has 0 bridgehead atoms. The second kappa shape index (κ2) is 8.67. The van der Waals surface area contributed by atoms with Gasteiger partial charge in [-0.05, 0) is 41.8 Å². The van der Waals surface area contributed by atoms with Gasteiger partial charge in [0, 0.05) is 49.7 Å². The highest BCUT2D eigenvalue weighted by atomic mass is 16.5. The zero-order chi connectivity index (χ0) is 23.0. The molecule has 1 saturated heterocycles. The summed E-state index contributed by atoms with van der Waals surface area (Å²) in [6, 6.07) is 16.5. The van der Waals surface area contributed by atoms with E-state index in [2.05, 4.69) is 58.2 Å². The minimum atomic E-state index is -0.494. The van der Waals surface area contributed by atoms with Gasteiger partial charge in [-0.3, -0.25) is 0 Å². The second-order valence-corrected chi connectivity index (χ2v) is 9.49. The van der Waals surface area contributed by atoms with Crippen molar-refractivity contribution in [2.75, 3.05) is 25.1 Å². The van der Waals surface area contributed by atoms with E-state index in [4.69, 9.17) is 9.47 Å². The Bertz CT molecular complexity index is 1100. The minimum Gasteiger partial charge on any atom is -0.493 e. The molecule has 1 aliphatic carbocycles. The zero-order valence-electron chi connectivity index (χ0n) is 19.4. The van der Waals surface area contributed by atoms with E-state index in [9.17, 15) is 5.11 Å². The van der Waals surface area contributed by atoms with Crippen LogP contribution in [0.25, 0.3) is 0 Å². The van der Waals surface area contributed by atoms with E-state index in [1.807, 2.05) is 19.1 Å². The molecule has 0 amide bonds. The second-order valence-electron chi connectivity index (χ2n) is 9.49. The topological polar surface area (TPSA) is 67.7 Å². The molecular weight excluding hydrogens is 414 g/mol. The van der Waals surface area contributed by atoms with Crippen molar-refractivity contribution >= 4 is 5.95 Å². The van der Waals surface area contributed by atoms with Crippen LogP contribution in [0.2, 0.25) is 0 Å². The lowest BCUT2D eigenvalue weighted by Gasteiger charge is -2.34. The largest absolute Gasteiger partial charge is 0.493 e. The van der Waals surface area contributed by atoms with Crippen LogP contribution in [0.1, 0.15) is 36.5 Å². The van der Waals surface area contributed by atoms with Crippen LogP contribution in [0.5, 0.6) is 11.5 Å². The number of nitrogens with zero attached hydrogens (tertiary/aromatic N) is 3. The Hall–Kier alpha value is -3.12. The summed E-state index contributed by atoms with van der Waals surface area (Å²) >= 11 is 0. The number of benzene rings is 2. The van der Waals surface area contributed by atoms with Gasteiger partial charge in [0.25, 0.3) is 0 Å². The molecular formula is C27H31N3O3. The normalized spacial score (nSPS) is 23.4. The molecule has 172 valence electrons. The number of ether oxygens (including phenoxy) is 2. The SMILES string of the molecule is COc1ccc(C2CN(c3ncccn3)CC2(C)C(C)O)cc1OC1Cc2ccccc2C1. The van der Waals surface area contributed by atoms with Crippen LogP contribution >= 0.6 is 0 Å². The molecule has 6 nitrogen and oxygen atoms in total. The Kier molecular flexibility index (Phi) is 5.71. The van der Waals surface area contributed by atoms with Crippen LogP contribution in [0.3, 0.4) is 0 Å². The summed E-state index contributed by atoms with van der Waals surface area (Å²) in [7, 11) is 1.68. The maximum Gasteiger partial charge on any atom is 0.225 e. The first kappa shape index (κ1) is 21.7. The number of anilines is 1. The first-order valence-corrected chi connectivity index (χ1v) is 11.6. The van der Waals surface area contributed by atoms with Crippen LogP contribution in [0.4, 0.5) is 5.95 Å². The number of aliphatic hydroxyl groups is 1. The molecule has 33 heavy (non-hydrogen) atoms. The van der Waals surface area contributed by atoms with Gasteiger partial charge in [0.05, 0.1) is 13.2 Å². The van der Waals surface area contributed by atoms with Gasteiger partial charge >= 0.3 is 0 Å². The first-order chi connectivity index (χ1) is 16.0. The van der Waals surface area contributed by atoms with Gasteiger partial charge < -0.3 is 19.5 Å². The van der Waals surface area contributed by atoms with Gasteiger partial charge in [0.15, 0.2) is 11.5 Å². The summed E-state index contributed by atoms with van der Waals surface area (Å²) in [5.41, 5.74) is 3.49. The molecule has 2 heterocycles. The van der Waals surface area contributed by atoms with Crippen LogP contribution in [0, 0.1) is 5.41 Å². The Morgan fingerprint density at radius 2 is 1.73 bits per heavy atom. The molecule has 2 aromatic carbocycles. The third kappa shape index (κ3) is 4.04. The Morgan fingerprint density at radius 1 is 1.03 bits per heavy atom. The first-order valence-electron chi connectivity index (χ1n) is 11.6. The third-order valence-corrected chi connectivity index (χ3v) is 7.42. The van der Waals surface area contributed by atoms with E-state index < -0.39 is 6.10 Å². The Balaban J connectivity index is 1.43. The van der Waals surface area contributed by atoms with Crippen molar-refractivity contribution in [1.29, 1.82) is 0 Å². The van der Waals surface area contributed by atoms with Crippen molar-refractivity contribution in [1.82, 2.24) is 9.97 Å². The molecule has 1 N–H and O–H groups in total. The molecule has 0 spiro atoms. The van der Waals surface area contributed by atoms with Gasteiger partial charge in [0.2, 0.25) is 5.95 Å². The molecule has 0 radical (unpaired) electrons. The number of rotatable bonds is 6. The quantitative estimate of drug-likeness (QED) is 0.618. The molecule has 3 atom stereocenters. The number of aromatic nitrogens is 2. The summed E-state index contributed by atoms with van der Waals surface area (Å²) < 4.78 is 12.1. The lowest BCUT2D eigenvalue weighted by molar-refractivity contribution is 0.0558. The van der Waals surface area contributed by atoms with Gasteiger partial charge in [-0.15, -0.1) is 0 Å². The highest BCUT2D eigenvalue weighted by molar-refractivity contribution is 5.47. The molecule has 5 rings (SSSR count). The van der Waals surface area contributed by atoms with Crippen LogP contribution in [0.15, 0.2) is 60.9 Å². The molecule has 3 aromatic rings. The monoisotopic (exact) mass is 445 g/mol. The van der Waals surface area contributed by atoms with Gasteiger partial charge in [0.1, 0.15) is 6.10 Å². The van der Waals surface area contributed by atoms with Crippen molar-refractivity contribution in [3.05, 3.63) is 77.6 Å². The summed E-state index contributed by atoms with van der Waals surface area (Å²) in [6.45, 7) is 5.42. The molecule has 1 fully saturated rings. The fourth-order valence-electron chi connectivity index (χ4n) is 5.31. The highest BCUT2D eigenvalue weighted by Gasteiger charge is 2.48. The van der Waals surface area contributed by atoms with Crippen LogP contribution in [-0.2, 0) is 12.8 Å². The van der Waals surface area contributed by atoms with Gasteiger partial charge in [-0.2, -0.15) is 0 Å². The number of fused-ring (bicyclic) bond motifs is 1. The number of aliphatic hydroxyl groups excluding tert-OH is 1. The predicted molar refractivity (Wildman–Crippen MR) is 128 cm³/mol. The summed E-state index contributed by atoms with van der Waals surface area (Å²) in [5.74, 6) is 2.28. The fourth-order valence-corrected chi connectivity index (χ4v) is 5.31. The lowest BCUT2D eigenvalue weighted by Crippen LogP contribution is -2.37. The van der Waals surface area contributed by atoms with Crippen molar-refractivity contribution < 1.29 is 14.6 Å². The lowest BCUT2D eigenvalue weighted by atomic mass is 9.72. The smallest absolute Gasteiger partial charge is 0.225 e. The fraction of sp³-hybridized carbons (Fsp3) is 0.407. The highest BCUT2D eigenvalue weighted by Crippen LogP contribution is 2.47. The van der Waals surface area contributed by atoms with Crippen molar-refractivity contribution in [2.45, 2.75) is 44.8 Å². The molecule has 2 aliphatic rings.